The van der Waals surface area contributed by atoms with Gasteiger partial charge in [-0.15, -0.1) is 0 Å². The third-order valence-electron chi connectivity index (χ3n) is 5.90. The second kappa shape index (κ2) is 7.06. The lowest BCUT2D eigenvalue weighted by atomic mass is 9.96. The van der Waals surface area contributed by atoms with Crippen LogP contribution in [0.3, 0.4) is 0 Å². The van der Waals surface area contributed by atoms with Crippen LogP contribution in [0.2, 0.25) is 0 Å². The molecular formula is C20H26N2O3. The van der Waals surface area contributed by atoms with Crippen LogP contribution in [0, 0.1) is 5.92 Å². The molecule has 1 saturated carbocycles. The van der Waals surface area contributed by atoms with Gasteiger partial charge in [-0.1, -0.05) is 12.8 Å². The first-order valence-electron chi connectivity index (χ1n) is 9.56. The average molecular weight is 342 g/mol. The fourth-order valence-corrected chi connectivity index (χ4v) is 4.61. The summed E-state index contributed by atoms with van der Waals surface area (Å²) in [5.74, 6) is 1.57. The van der Waals surface area contributed by atoms with Crippen molar-refractivity contribution in [3.05, 3.63) is 23.8 Å². The number of aryl methyl sites for hydroxylation is 1. The van der Waals surface area contributed by atoms with Crippen LogP contribution in [-0.4, -0.2) is 35.9 Å². The molecule has 1 aliphatic carbocycles. The highest BCUT2D eigenvalue weighted by Gasteiger charge is 2.35. The van der Waals surface area contributed by atoms with Gasteiger partial charge in [-0.3, -0.25) is 9.59 Å². The Morgan fingerprint density at radius 2 is 2.00 bits per heavy atom. The van der Waals surface area contributed by atoms with Crippen LogP contribution < -0.4 is 10.1 Å². The van der Waals surface area contributed by atoms with Crippen molar-refractivity contribution in [2.24, 2.45) is 5.92 Å². The largest absolute Gasteiger partial charge is 0.484 e. The van der Waals surface area contributed by atoms with Gasteiger partial charge in [0.2, 0.25) is 5.91 Å². The second-order valence-electron chi connectivity index (χ2n) is 7.50. The van der Waals surface area contributed by atoms with E-state index in [1.54, 1.807) is 0 Å². The first-order valence-corrected chi connectivity index (χ1v) is 9.56. The van der Waals surface area contributed by atoms with Gasteiger partial charge in [0, 0.05) is 24.7 Å². The van der Waals surface area contributed by atoms with Crippen molar-refractivity contribution in [1.82, 2.24) is 4.90 Å². The van der Waals surface area contributed by atoms with E-state index in [1.165, 1.54) is 25.7 Å². The summed E-state index contributed by atoms with van der Waals surface area (Å²) in [6, 6.07) is 6.07. The van der Waals surface area contributed by atoms with Crippen molar-refractivity contribution in [3.8, 4) is 5.75 Å². The summed E-state index contributed by atoms with van der Waals surface area (Å²) in [6.45, 7) is 0.980. The van der Waals surface area contributed by atoms with E-state index in [4.69, 9.17) is 4.74 Å². The number of carbonyl (C=O) groups is 2. The van der Waals surface area contributed by atoms with Crippen molar-refractivity contribution >= 4 is 17.5 Å². The standard InChI is InChI=1S/C20H26N2O3/c23-19-10-7-15-12-16(8-9-17(15)21-19)25-13-20(24)22-11-3-6-18(22)14-4-1-2-5-14/h8-9,12,14,18H,1-7,10-11,13H2,(H,21,23)/t18-/m0/s1. The molecule has 0 aromatic heterocycles. The Labute approximate surface area is 148 Å². The Bertz CT molecular complexity index is 667. The Balaban J connectivity index is 1.36. The van der Waals surface area contributed by atoms with Crippen LogP contribution >= 0.6 is 0 Å². The lowest BCUT2D eigenvalue weighted by molar-refractivity contribution is -0.135. The number of hydrogen-bond acceptors (Lipinski definition) is 3. The van der Waals surface area contributed by atoms with Gasteiger partial charge < -0.3 is 15.0 Å². The molecular weight excluding hydrogens is 316 g/mol. The molecule has 1 saturated heterocycles. The Hall–Kier alpha value is -2.04. The predicted molar refractivity (Wildman–Crippen MR) is 95.6 cm³/mol. The molecule has 0 spiro atoms. The van der Waals surface area contributed by atoms with Gasteiger partial charge in [-0.05, 0) is 61.8 Å². The molecule has 25 heavy (non-hydrogen) atoms. The van der Waals surface area contributed by atoms with E-state index in [9.17, 15) is 9.59 Å². The maximum Gasteiger partial charge on any atom is 0.260 e. The summed E-state index contributed by atoms with van der Waals surface area (Å²) in [5, 5.41) is 2.86. The van der Waals surface area contributed by atoms with Gasteiger partial charge in [0.1, 0.15) is 5.75 Å². The Morgan fingerprint density at radius 3 is 2.84 bits per heavy atom. The highest BCUT2D eigenvalue weighted by atomic mass is 16.5. The quantitative estimate of drug-likeness (QED) is 0.914. The van der Waals surface area contributed by atoms with Crippen molar-refractivity contribution < 1.29 is 14.3 Å². The van der Waals surface area contributed by atoms with Crippen LogP contribution in [0.15, 0.2) is 18.2 Å². The van der Waals surface area contributed by atoms with Crippen molar-refractivity contribution in [3.63, 3.8) is 0 Å². The summed E-state index contributed by atoms with van der Waals surface area (Å²) >= 11 is 0. The molecule has 1 aromatic rings. The monoisotopic (exact) mass is 342 g/mol. The normalized spacial score (nSPS) is 23.4. The molecule has 134 valence electrons. The van der Waals surface area contributed by atoms with E-state index in [1.807, 2.05) is 18.2 Å². The van der Waals surface area contributed by atoms with E-state index in [0.717, 1.165) is 37.1 Å². The highest BCUT2D eigenvalue weighted by molar-refractivity contribution is 5.94. The summed E-state index contributed by atoms with van der Waals surface area (Å²) in [6.07, 6.45) is 8.66. The fraction of sp³-hybridized carbons (Fsp3) is 0.600. The minimum absolute atomic E-state index is 0.0586. The first kappa shape index (κ1) is 16.4. The zero-order valence-corrected chi connectivity index (χ0v) is 14.6. The lowest BCUT2D eigenvalue weighted by Crippen LogP contribution is -2.41. The van der Waals surface area contributed by atoms with Gasteiger partial charge in [-0.25, -0.2) is 0 Å². The molecule has 0 radical (unpaired) electrons. The number of carbonyl (C=O) groups excluding carboxylic acids is 2. The van der Waals surface area contributed by atoms with Gasteiger partial charge in [0.25, 0.3) is 5.91 Å². The van der Waals surface area contributed by atoms with E-state index < -0.39 is 0 Å². The van der Waals surface area contributed by atoms with Crippen molar-refractivity contribution in [1.29, 1.82) is 0 Å². The van der Waals surface area contributed by atoms with Crippen LogP contribution in [-0.2, 0) is 16.0 Å². The van der Waals surface area contributed by atoms with Gasteiger partial charge in [0.05, 0.1) is 0 Å². The van der Waals surface area contributed by atoms with Crippen molar-refractivity contribution in [2.75, 3.05) is 18.5 Å². The van der Waals surface area contributed by atoms with E-state index >= 15 is 0 Å². The number of anilines is 1. The Kier molecular flexibility index (Phi) is 4.64. The number of hydrogen-bond donors (Lipinski definition) is 1. The minimum atomic E-state index is 0.0586. The maximum absolute atomic E-state index is 12.7. The van der Waals surface area contributed by atoms with E-state index in [0.29, 0.717) is 24.1 Å². The summed E-state index contributed by atoms with van der Waals surface area (Å²) in [7, 11) is 0. The molecule has 2 amide bonds. The van der Waals surface area contributed by atoms with Gasteiger partial charge >= 0.3 is 0 Å². The summed E-state index contributed by atoms with van der Waals surface area (Å²) < 4.78 is 5.78. The number of fused-ring (bicyclic) bond motifs is 1. The molecule has 1 N–H and O–H groups in total. The maximum atomic E-state index is 12.7. The fourth-order valence-electron chi connectivity index (χ4n) is 4.61. The number of likely N-dealkylation sites (tertiary alicyclic amines) is 1. The minimum Gasteiger partial charge on any atom is -0.484 e. The number of amides is 2. The number of rotatable bonds is 4. The highest BCUT2D eigenvalue weighted by Crippen LogP contribution is 2.35. The molecule has 1 atom stereocenters. The third-order valence-corrected chi connectivity index (χ3v) is 5.90. The average Bonchev–Trinajstić information content (AvgIpc) is 3.30. The number of nitrogens with one attached hydrogen (secondary N) is 1. The number of nitrogens with zero attached hydrogens (tertiary/aromatic N) is 1. The van der Waals surface area contributed by atoms with Crippen LogP contribution in [0.4, 0.5) is 5.69 Å². The SMILES string of the molecule is O=C1CCc2cc(OCC(=O)N3CCC[C@H]3C3CCCC3)ccc2N1. The molecule has 1 aromatic carbocycles. The molecule has 4 rings (SSSR count). The second-order valence-corrected chi connectivity index (χ2v) is 7.50. The van der Waals surface area contributed by atoms with Gasteiger partial charge in [0.15, 0.2) is 6.61 Å². The van der Waals surface area contributed by atoms with Crippen LogP contribution in [0.1, 0.15) is 50.5 Å². The molecule has 5 heteroatoms. The third kappa shape index (κ3) is 3.51. The molecule has 5 nitrogen and oxygen atoms in total. The first-order chi connectivity index (χ1) is 12.2. The molecule has 3 aliphatic rings. The van der Waals surface area contributed by atoms with E-state index in [-0.39, 0.29) is 18.4 Å². The van der Waals surface area contributed by atoms with Crippen LogP contribution in [0.25, 0.3) is 0 Å². The molecule has 0 bridgehead atoms. The topological polar surface area (TPSA) is 58.6 Å². The smallest absolute Gasteiger partial charge is 0.260 e. The predicted octanol–water partition coefficient (Wildman–Crippen LogP) is 3.13. The zero-order valence-electron chi connectivity index (χ0n) is 14.6. The zero-order chi connectivity index (χ0) is 17.2. The number of ether oxygens (including phenoxy) is 1. The molecule has 2 aliphatic heterocycles. The summed E-state index contributed by atoms with van der Waals surface area (Å²) in [5.41, 5.74) is 1.94. The van der Waals surface area contributed by atoms with Crippen molar-refractivity contribution in [2.45, 2.75) is 57.4 Å². The lowest BCUT2D eigenvalue weighted by Gasteiger charge is -2.29. The molecule has 2 heterocycles. The van der Waals surface area contributed by atoms with Gasteiger partial charge in [-0.2, -0.15) is 0 Å². The Morgan fingerprint density at radius 1 is 1.16 bits per heavy atom. The molecule has 2 fully saturated rings. The van der Waals surface area contributed by atoms with Crippen LogP contribution in [0.5, 0.6) is 5.75 Å². The number of benzene rings is 1. The summed E-state index contributed by atoms with van der Waals surface area (Å²) in [4.78, 5) is 26.1. The molecule has 0 unspecified atom stereocenters. The van der Waals surface area contributed by atoms with E-state index in [2.05, 4.69) is 10.2 Å².